The lowest BCUT2D eigenvalue weighted by atomic mass is 10.0. The van der Waals surface area contributed by atoms with E-state index in [1.54, 1.807) is 36.6 Å². The average Bonchev–Trinajstić information content (AvgIpc) is 3.17. The van der Waals surface area contributed by atoms with Crippen molar-refractivity contribution in [2.45, 2.75) is 6.92 Å². The normalized spacial score (nSPS) is 10.4. The first-order valence-corrected chi connectivity index (χ1v) is 10.7. The smallest absolute Gasteiger partial charge is 0.341 e. The number of thiophene rings is 1. The van der Waals surface area contributed by atoms with Crippen molar-refractivity contribution in [3.05, 3.63) is 83.7 Å². The highest BCUT2D eigenvalue weighted by Crippen LogP contribution is 2.37. The van der Waals surface area contributed by atoms with Crippen molar-refractivity contribution in [3.63, 3.8) is 0 Å². The van der Waals surface area contributed by atoms with Gasteiger partial charge in [0, 0.05) is 21.5 Å². The van der Waals surface area contributed by atoms with Crippen LogP contribution in [-0.2, 0) is 4.74 Å². The second kappa shape index (κ2) is 9.66. The summed E-state index contributed by atoms with van der Waals surface area (Å²) in [5.41, 5.74) is -0.289. The standard InChI is InChI=1S/C20H14BrN3O7S/c1-2-31-20(26)17-15(11-3-5-12(21)6-4-11)10-32-19(17)22-18(25)14-8-7-13(23(27)28)9-16(14)24(29)30/h3-10H,2H2,1H3,(H,22,25). The van der Waals surface area contributed by atoms with Crippen LogP contribution in [0.15, 0.2) is 52.3 Å². The fourth-order valence-electron chi connectivity index (χ4n) is 2.84. The van der Waals surface area contributed by atoms with Crippen LogP contribution in [0.4, 0.5) is 16.4 Å². The summed E-state index contributed by atoms with van der Waals surface area (Å²) in [7, 11) is 0. The Balaban J connectivity index is 2.03. The number of anilines is 1. The first kappa shape index (κ1) is 23.0. The van der Waals surface area contributed by atoms with Crippen LogP contribution in [0.25, 0.3) is 11.1 Å². The maximum atomic E-state index is 12.8. The van der Waals surface area contributed by atoms with Crippen LogP contribution in [-0.4, -0.2) is 28.3 Å². The van der Waals surface area contributed by atoms with E-state index in [0.29, 0.717) is 17.2 Å². The molecule has 0 unspecified atom stereocenters. The highest BCUT2D eigenvalue weighted by molar-refractivity contribution is 9.10. The van der Waals surface area contributed by atoms with Gasteiger partial charge < -0.3 is 10.1 Å². The monoisotopic (exact) mass is 519 g/mol. The molecule has 3 aromatic rings. The zero-order valence-electron chi connectivity index (χ0n) is 16.4. The van der Waals surface area contributed by atoms with Crippen LogP contribution in [0.1, 0.15) is 27.6 Å². The Hall–Kier alpha value is -3.64. The first-order chi connectivity index (χ1) is 15.2. The molecule has 10 nitrogen and oxygen atoms in total. The van der Waals surface area contributed by atoms with E-state index >= 15 is 0 Å². The molecule has 32 heavy (non-hydrogen) atoms. The summed E-state index contributed by atoms with van der Waals surface area (Å²) in [6.07, 6.45) is 0. The number of amides is 1. The first-order valence-electron chi connectivity index (χ1n) is 9.01. The number of rotatable bonds is 7. The summed E-state index contributed by atoms with van der Waals surface area (Å²) in [5.74, 6) is -1.55. The molecule has 0 radical (unpaired) electrons. The number of non-ortho nitro benzene ring substituents is 1. The molecule has 2 aromatic carbocycles. The molecule has 3 rings (SSSR count). The molecule has 0 bridgehead atoms. The highest BCUT2D eigenvalue weighted by Gasteiger charge is 2.27. The van der Waals surface area contributed by atoms with Crippen molar-refractivity contribution in [2.24, 2.45) is 0 Å². The van der Waals surface area contributed by atoms with Crippen LogP contribution in [0.5, 0.6) is 0 Å². The maximum Gasteiger partial charge on any atom is 0.341 e. The fraction of sp³-hybridized carbons (Fsp3) is 0.100. The van der Waals surface area contributed by atoms with E-state index in [1.807, 2.05) is 0 Å². The van der Waals surface area contributed by atoms with Crippen molar-refractivity contribution in [2.75, 3.05) is 11.9 Å². The molecule has 0 spiro atoms. The predicted octanol–water partition coefficient (Wildman–Crippen LogP) is 5.42. The summed E-state index contributed by atoms with van der Waals surface area (Å²) >= 11 is 4.40. The van der Waals surface area contributed by atoms with Crippen LogP contribution in [0.2, 0.25) is 0 Å². The van der Waals surface area contributed by atoms with Gasteiger partial charge in [0.25, 0.3) is 17.3 Å². The second-order valence-corrected chi connectivity index (χ2v) is 8.05. The zero-order chi connectivity index (χ0) is 23.4. The van der Waals surface area contributed by atoms with Gasteiger partial charge in [-0.1, -0.05) is 28.1 Å². The molecule has 1 amide bonds. The van der Waals surface area contributed by atoms with E-state index < -0.39 is 33.1 Å². The molecule has 1 heterocycles. The number of nitrogens with zero attached hydrogens (tertiary/aromatic N) is 2. The van der Waals surface area contributed by atoms with Gasteiger partial charge in [-0.3, -0.25) is 25.0 Å². The van der Waals surface area contributed by atoms with Crippen molar-refractivity contribution in [3.8, 4) is 11.1 Å². The Morgan fingerprint density at radius 3 is 2.38 bits per heavy atom. The van der Waals surface area contributed by atoms with Gasteiger partial charge in [0.05, 0.1) is 22.5 Å². The molecule has 0 saturated carbocycles. The van der Waals surface area contributed by atoms with Gasteiger partial charge >= 0.3 is 5.97 Å². The Bertz CT molecular complexity index is 1220. The van der Waals surface area contributed by atoms with Gasteiger partial charge in [0.2, 0.25) is 0 Å². The maximum absolute atomic E-state index is 12.8. The Morgan fingerprint density at radius 2 is 1.78 bits per heavy atom. The van der Waals surface area contributed by atoms with Crippen LogP contribution >= 0.6 is 27.3 Å². The zero-order valence-corrected chi connectivity index (χ0v) is 18.8. The summed E-state index contributed by atoms with van der Waals surface area (Å²) < 4.78 is 5.97. The number of hydrogen-bond donors (Lipinski definition) is 1. The third kappa shape index (κ3) is 4.81. The summed E-state index contributed by atoms with van der Waals surface area (Å²) in [6.45, 7) is 1.75. The van der Waals surface area contributed by atoms with Gasteiger partial charge in [-0.2, -0.15) is 0 Å². The fourth-order valence-corrected chi connectivity index (χ4v) is 4.06. The SMILES string of the molecule is CCOC(=O)c1c(-c2ccc(Br)cc2)csc1NC(=O)c1ccc([N+](=O)[O-])cc1[N+](=O)[O-]. The molecule has 0 saturated heterocycles. The number of carbonyl (C=O) groups is 2. The van der Waals surface area contributed by atoms with Gasteiger partial charge in [-0.15, -0.1) is 11.3 Å². The number of hydrogen-bond acceptors (Lipinski definition) is 8. The third-order valence-electron chi connectivity index (χ3n) is 4.29. The number of ether oxygens (including phenoxy) is 1. The molecule has 1 N–H and O–H groups in total. The van der Waals surface area contributed by atoms with Crippen LogP contribution in [0, 0.1) is 20.2 Å². The van der Waals surface area contributed by atoms with Crippen molar-refractivity contribution in [1.29, 1.82) is 0 Å². The second-order valence-electron chi connectivity index (χ2n) is 6.25. The summed E-state index contributed by atoms with van der Waals surface area (Å²) in [6, 6.07) is 9.85. The average molecular weight is 520 g/mol. The molecule has 164 valence electrons. The van der Waals surface area contributed by atoms with Gasteiger partial charge in [0.1, 0.15) is 16.1 Å². The lowest BCUT2D eigenvalue weighted by molar-refractivity contribution is -0.394. The molecule has 0 fully saturated rings. The van der Waals surface area contributed by atoms with Crippen molar-refractivity contribution >= 4 is 55.5 Å². The molecular weight excluding hydrogens is 506 g/mol. The third-order valence-corrected chi connectivity index (χ3v) is 5.71. The lowest BCUT2D eigenvalue weighted by Gasteiger charge is -2.09. The minimum Gasteiger partial charge on any atom is -0.462 e. The van der Waals surface area contributed by atoms with Crippen LogP contribution < -0.4 is 5.32 Å². The Labute approximate surface area is 193 Å². The number of esters is 1. The number of nitrogens with one attached hydrogen (secondary N) is 1. The molecular formula is C20H14BrN3O7S. The molecule has 0 aliphatic heterocycles. The van der Waals surface area contributed by atoms with E-state index in [2.05, 4.69) is 21.2 Å². The van der Waals surface area contributed by atoms with E-state index in [0.717, 1.165) is 27.9 Å². The highest BCUT2D eigenvalue weighted by atomic mass is 79.9. The predicted molar refractivity (Wildman–Crippen MR) is 121 cm³/mol. The topological polar surface area (TPSA) is 142 Å². The van der Waals surface area contributed by atoms with Crippen molar-refractivity contribution in [1.82, 2.24) is 0 Å². The molecule has 0 aliphatic rings. The molecule has 0 aliphatic carbocycles. The minimum absolute atomic E-state index is 0.107. The van der Waals surface area contributed by atoms with E-state index in [-0.39, 0.29) is 22.7 Å². The lowest BCUT2D eigenvalue weighted by Crippen LogP contribution is -2.16. The molecule has 1 aromatic heterocycles. The molecule has 0 atom stereocenters. The number of nitro benzene ring substituents is 2. The largest absolute Gasteiger partial charge is 0.462 e. The number of halogens is 1. The Morgan fingerprint density at radius 1 is 1.09 bits per heavy atom. The van der Waals surface area contributed by atoms with E-state index in [4.69, 9.17) is 4.74 Å². The molecule has 12 heteroatoms. The number of carbonyl (C=O) groups excluding carboxylic acids is 2. The number of benzene rings is 2. The van der Waals surface area contributed by atoms with Crippen molar-refractivity contribution < 1.29 is 24.2 Å². The van der Waals surface area contributed by atoms with Gasteiger partial charge in [0.15, 0.2) is 0 Å². The Kier molecular flexibility index (Phi) is 6.95. The van der Waals surface area contributed by atoms with Gasteiger partial charge in [-0.05, 0) is 30.7 Å². The van der Waals surface area contributed by atoms with Gasteiger partial charge in [-0.25, -0.2) is 4.79 Å². The quantitative estimate of drug-likeness (QED) is 0.249. The minimum atomic E-state index is -0.888. The summed E-state index contributed by atoms with van der Waals surface area (Å²) in [4.78, 5) is 46.0. The summed E-state index contributed by atoms with van der Waals surface area (Å²) in [5, 5.41) is 26.6. The van der Waals surface area contributed by atoms with E-state index in [9.17, 15) is 29.8 Å². The van der Waals surface area contributed by atoms with E-state index in [1.165, 1.54) is 0 Å². The number of nitro groups is 2. The van der Waals surface area contributed by atoms with Crippen LogP contribution in [0.3, 0.4) is 0 Å².